The molecule has 0 bridgehead atoms. The van der Waals surface area contributed by atoms with Gasteiger partial charge in [-0.1, -0.05) is 48.0 Å². The predicted octanol–water partition coefficient (Wildman–Crippen LogP) is 4.37. The van der Waals surface area contributed by atoms with Gasteiger partial charge in [0.05, 0.1) is 23.7 Å². The molecule has 1 aliphatic heterocycles. The number of halogens is 1. The largest absolute Gasteiger partial charge is 0.493 e. The third-order valence-corrected chi connectivity index (χ3v) is 5.80. The zero-order valence-corrected chi connectivity index (χ0v) is 16.2. The molecular weight excluding hydrogens is 380 g/mol. The molecule has 4 rings (SSSR count). The van der Waals surface area contributed by atoms with E-state index in [0.29, 0.717) is 18.2 Å². The lowest BCUT2D eigenvalue weighted by atomic mass is 9.97. The van der Waals surface area contributed by atoms with Crippen LogP contribution in [0.3, 0.4) is 0 Å². The van der Waals surface area contributed by atoms with Gasteiger partial charge in [-0.2, -0.15) is 0 Å². The molecule has 4 nitrogen and oxygen atoms in total. The van der Waals surface area contributed by atoms with Crippen LogP contribution in [0.5, 0.6) is 5.75 Å². The van der Waals surface area contributed by atoms with Gasteiger partial charge in [0.25, 0.3) is 0 Å². The van der Waals surface area contributed by atoms with Crippen LogP contribution in [0.15, 0.2) is 53.9 Å². The van der Waals surface area contributed by atoms with Crippen molar-refractivity contribution in [2.24, 2.45) is 5.92 Å². The number of nitrogens with one attached hydrogen (secondary N) is 1. The molecular formula is C21H19ClN2O2S. The number of fused-ring (bicyclic) bond motifs is 1. The van der Waals surface area contributed by atoms with Crippen LogP contribution in [0.4, 0.5) is 0 Å². The minimum atomic E-state index is -0.0233. The van der Waals surface area contributed by atoms with E-state index in [-0.39, 0.29) is 18.2 Å². The molecule has 1 aliphatic rings. The average molecular weight is 399 g/mol. The molecule has 0 fully saturated rings. The molecule has 2 heterocycles. The Balaban J connectivity index is 1.31. The SMILES string of the molecule is O=C(Cc1csc(-c2ccccc2Cl)n1)NCC1COc2ccccc2C1. The summed E-state index contributed by atoms with van der Waals surface area (Å²) < 4.78 is 5.78. The lowest BCUT2D eigenvalue weighted by Crippen LogP contribution is -2.35. The summed E-state index contributed by atoms with van der Waals surface area (Å²) in [6.07, 6.45) is 1.19. The third-order valence-electron chi connectivity index (χ3n) is 4.54. The fourth-order valence-electron chi connectivity index (χ4n) is 3.15. The van der Waals surface area contributed by atoms with E-state index in [9.17, 15) is 4.79 Å². The van der Waals surface area contributed by atoms with Crippen molar-refractivity contribution in [1.82, 2.24) is 10.3 Å². The fraction of sp³-hybridized carbons (Fsp3) is 0.238. The molecule has 2 aromatic carbocycles. The van der Waals surface area contributed by atoms with Gasteiger partial charge in [0.2, 0.25) is 5.91 Å². The summed E-state index contributed by atoms with van der Waals surface area (Å²) >= 11 is 7.72. The summed E-state index contributed by atoms with van der Waals surface area (Å²) in [5.74, 6) is 1.22. The molecule has 0 saturated heterocycles. The van der Waals surface area contributed by atoms with Gasteiger partial charge in [-0.25, -0.2) is 4.98 Å². The minimum Gasteiger partial charge on any atom is -0.493 e. The van der Waals surface area contributed by atoms with Gasteiger partial charge in [-0.05, 0) is 24.1 Å². The number of rotatable bonds is 5. The molecule has 1 atom stereocenters. The summed E-state index contributed by atoms with van der Waals surface area (Å²) in [7, 11) is 0. The second-order valence-corrected chi connectivity index (χ2v) is 7.86. The molecule has 1 N–H and O–H groups in total. The molecule has 0 spiro atoms. The summed E-state index contributed by atoms with van der Waals surface area (Å²) in [4.78, 5) is 16.9. The van der Waals surface area contributed by atoms with Crippen molar-refractivity contribution >= 4 is 28.8 Å². The zero-order valence-electron chi connectivity index (χ0n) is 14.7. The molecule has 0 saturated carbocycles. The average Bonchev–Trinajstić information content (AvgIpc) is 3.14. The molecule has 0 radical (unpaired) electrons. The van der Waals surface area contributed by atoms with Crippen LogP contribution >= 0.6 is 22.9 Å². The van der Waals surface area contributed by atoms with Crippen LogP contribution in [0, 0.1) is 5.92 Å². The first-order chi connectivity index (χ1) is 13.2. The van der Waals surface area contributed by atoms with E-state index >= 15 is 0 Å². The van der Waals surface area contributed by atoms with Crippen molar-refractivity contribution in [2.75, 3.05) is 13.2 Å². The maximum atomic E-state index is 12.3. The Morgan fingerprint density at radius 1 is 1.22 bits per heavy atom. The number of para-hydroxylation sites is 1. The van der Waals surface area contributed by atoms with Crippen molar-refractivity contribution in [1.29, 1.82) is 0 Å². The quantitative estimate of drug-likeness (QED) is 0.694. The minimum absolute atomic E-state index is 0.0233. The first-order valence-corrected chi connectivity index (χ1v) is 10.1. The van der Waals surface area contributed by atoms with E-state index in [1.807, 2.05) is 47.8 Å². The van der Waals surface area contributed by atoms with Crippen LogP contribution in [0.2, 0.25) is 5.02 Å². The Bertz CT molecular complexity index is 957. The maximum absolute atomic E-state index is 12.3. The first-order valence-electron chi connectivity index (χ1n) is 8.86. The Hall–Kier alpha value is -2.37. The first kappa shape index (κ1) is 18.0. The monoisotopic (exact) mass is 398 g/mol. The van der Waals surface area contributed by atoms with Crippen LogP contribution in [-0.4, -0.2) is 24.0 Å². The molecule has 0 aliphatic carbocycles. The number of thiazole rings is 1. The molecule has 27 heavy (non-hydrogen) atoms. The van der Waals surface area contributed by atoms with E-state index < -0.39 is 0 Å². The number of carbonyl (C=O) groups is 1. The van der Waals surface area contributed by atoms with Gasteiger partial charge in [0, 0.05) is 23.4 Å². The molecule has 6 heteroatoms. The number of nitrogens with zero attached hydrogens (tertiary/aromatic N) is 1. The second-order valence-electron chi connectivity index (χ2n) is 6.59. The van der Waals surface area contributed by atoms with Crippen molar-refractivity contribution < 1.29 is 9.53 Å². The lowest BCUT2D eigenvalue weighted by Gasteiger charge is -2.25. The highest BCUT2D eigenvalue weighted by Gasteiger charge is 2.20. The van der Waals surface area contributed by atoms with E-state index in [1.54, 1.807) is 0 Å². The van der Waals surface area contributed by atoms with Crippen molar-refractivity contribution in [2.45, 2.75) is 12.8 Å². The Morgan fingerprint density at radius 3 is 2.93 bits per heavy atom. The molecule has 1 amide bonds. The van der Waals surface area contributed by atoms with E-state index in [1.165, 1.54) is 16.9 Å². The summed E-state index contributed by atoms with van der Waals surface area (Å²) in [5, 5.41) is 6.43. The highest BCUT2D eigenvalue weighted by molar-refractivity contribution is 7.13. The summed E-state index contributed by atoms with van der Waals surface area (Å²) in [6, 6.07) is 15.7. The van der Waals surface area contributed by atoms with Gasteiger partial charge in [0.1, 0.15) is 10.8 Å². The molecule has 1 aromatic heterocycles. The lowest BCUT2D eigenvalue weighted by molar-refractivity contribution is -0.120. The topological polar surface area (TPSA) is 51.2 Å². The van der Waals surface area contributed by atoms with Crippen molar-refractivity contribution in [3.8, 4) is 16.3 Å². The summed E-state index contributed by atoms with van der Waals surface area (Å²) in [6.45, 7) is 1.24. The second kappa shape index (κ2) is 8.11. The number of amides is 1. The van der Waals surface area contributed by atoms with Gasteiger partial charge in [-0.3, -0.25) is 4.79 Å². The molecule has 3 aromatic rings. The number of aromatic nitrogens is 1. The number of benzene rings is 2. The number of hydrogen-bond donors (Lipinski definition) is 1. The highest BCUT2D eigenvalue weighted by atomic mass is 35.5. The highest BCUT2D eigenvalue weighted by Crippen LogP contribution is 2.30. The Morgan fingerprint density at radius 2 is 2.04 bits per heavy atom. The molecule has 1 unspecified atom stereocenters. The van der Waals surface area contributed by atoms with Gasteiger partial charge < -0.3 is 10.1 Å². The van der Waals surface area contributed by atoms with Crippen LogP contribution in [0.25, 0.3) is 10.6 Å². The Kier molecular flexibility index (Phi) is 5.41. The Labute approximate surface area is 167 Å². The standard InChI is InChI=1S/C21H19ClN2O2S/c22-18-7-3-2-6-17(18)21-24-16(13-27-21)10-20(25)23-11-14-9-15-5-1-4-8-19(15)26-12-14/h1-8,13-14H,9-12H2,(H,23,25). The van der Waals surface area contributed by atoms with Gasteiger partial charge in [-0.15, -0.1) is 11.3 Å². The fourth-order valence-corrected chi connectivity index (χ4v) is 4.29. The summed E-state index contributed by atoms with van der Waals surface area (Å²) in [5.41, 5.74) is 2.86. The van der Waals surface area contributed by atoms with E-state index in [0.717, 1.165) is 28.4 Å². The van der Waals surface area contributed by atoms with Gasteiger partial charge in [0.15, 0.2) is 0 Å². The number of ether oxygens (including phenoxy) is 1. The van der Waals surface area contributed by atoms with Crippen LogP contribution in [0.1, 0.15) is 11.3 Å². The van der Waals surface area contributed by atoms with E-state index in [2.05, 4.69) is 16.4 Å². The van der Waals surface area contributed by atoms with Crippen molar-refractivity contribution in [3.05, 3.63) is 70.2 Å². The van der Waals surface area contributed by atoms with Crippen LogP contribution in [-0.2, 0) is 17.6 Å². The van der Waals surface area contributed by atoms with Crippen LogP contribution < -0.4 is 10.1 Å². The van der Waals surface area contributed by atoms with Crippen molar-refractivity contribution in [3.63, 3.8) is 0 Å². The maximum Gasteiger partial charge on any atom is 0.226 e. The molecule has 138 valence electrons. The van der Waals surface area contributed by atoms with Gasteiger partial charge >= 0.3 is 0 Å². The zero-order chi connectivity index (χ0) is 18.6. The normalized spacial score (nSPS) is 15.7. The van der Waals surface area contributed by atoms with E-state index in [4.69, 9.17) is 16.3 Å². The number of carbonyl (C=O) groups excluding carboxylic acids is 1. The third kappa shape index (κ3) is 4.31. The predicted molar refractivity (Wildman–Crippen MR) is 108 cm³/mol. The number of hydrogen-bond acceptors (Lipinski definition) is 4. The smallest absolute Gasteiger partial charge is 0.226 e.